The molecule has 2 aromatic rings. The van der Waals surface area contributed by atoms with Gasteiger partial charge in [0.05, 0.1) is 19.7 Å². The van der Waals surface area contributed by atoms with E-state index in [0.717, 1.165) is 38.7 Å². The third-order valence-corrected chi connectivity index (χ3v) is 5.33. The molecule has 0 fully saturated rings. The maximum Gasteiger partial charge on any atom is 0.303 e. The number of halogens is 3. The molecule has 0 aliphatic rings. The highest BCUT2D eigenvalue weighted by atomic mass is 79.9. The van der Waals surface area contributed by atoms with Gasteiger partial charge >= 0.3 is 5.97 Å². The molecule has 0 atom stereocenters. The lowest BCUT2D eigenvalue weighted by Crippen LogP contribution is -2.04. The third-order valence-electron chi connectivity index (χ3n) is 3.70. The zero-order chi connectivity index (χ0) is 19.1. The number of carboxylic acid groups (broad SMARTS) is 1. The largest absolute Gasteiger partial charge is 0.486 e. The number of ether oxygens (including phenoxy) is 1. The molecule has 26 heavy (non-hydrogen) atoms. The molecule has 0 saturated heterocycles. The van der Waals surface area contributed by atoms with Gasteiger partial charge in [0.15, 0.2) is 0 Å². The molecule has 0 saturated carbocycles. The van der Waals surface area contributed by atoms with Crippen LogP contribution in [0.15, 0.2) is 39.3 Å². The van der Waals surface area contributed by atoms with Crippen molar-refractivity contribution < 1.29 is 14.6 Å². The van der Waals surface area contributed by atoms with Crippen LogP contribution in [0.25, 0.3) is 0 Å². The molecule has 2 aromatic carbocycles. The smallest absolute Gasteiger partial charge is 0.303 e. The van der Waals surface area contributed by atoms with E-state index in [-0.39, 0.29) is 6.42 Å². The van der Waals surface area contributed by atoms with Crippen molar-refractivity contribution in [2.75, 3.05) is 11.9 Å². The Morgan fingerprint density at radius 1 is 1.27 bits per heavy atom. The van der Waals surface area contributed by atoms with E-state index >= 15 is 0 Å². The summed E-state index contributed by atoms with van der Waals surface area (Å²) >= 11 is 13.5. The lowest BCUT2D eigenvalue weighted by atomic mass is 10.1. The first-order valence-electron chi connectivity index (χ1n) is 8.26. The Bertz CT molecular complexity index is 760. The third kappa shape index (κ3) is 5.89. The van der Waals surface area contributed by atoms with E-state index < -0.39 is 5.97 Å². The summed E-state index contributed by atoms with van der Waals surface area (Å²) in [5.74, 6) is -0.157. The number of carbonyl (C=O) groups is 1. The molecule has 0 aromatic heterocycles. The summed E-state index contributed by atoms with van der Waals surface area (Å²) in [5, 5.41) is 12.8. The van der Waals surface area contributed by atoms with E-state index in [2.05, 4.69) is 44.1 Å². The fraction of sp³-hybridized carbons (Fsp3) is 0.316. The van der Waals surface area contributed by atoms with Gasteiger partial charge in [0.25, 0.3) is 0 Å². The zero-order valence-electron chi connectivity index (χ0n) is 14.3. The summed E-state index contributed by atoms with van der Waals surface area (Å²) in [4.78, 5) is 10.7. The van der Waals surface area contributed by atoms with E-state index in [0.29, 0.717) is 23.8 Å². The fourth-order valence-electron chi connectivity index (χ4n) is 2.38. The van der Waals surface area contributed by atoms with Crippen LogP contribution in [0.5, 0.6) is 5.75 Å². The Balaban J connectivity index is 2.11. The van der Waals surface area contributed by atoms with Gasteiger partial charge in [-0.2, -0.15) is 0 Å². The number of rotatable bonds is 9. The van der Waals surface area contributed by atoms with Crippen LogP contribution in [0.2, 0.25) is 5.02 Å². The van der Waals surface area contributed by atoms with Crippen LogP contribution in [-0.2, 0) is 17.8 Å². The van der Waals surface area contributed by atoms with Crippen LogP contribution in [-0.4, -0.2) is 17.6 Å². The molecule has 0 bridgehead atoms. The van der Waals surface area contributed by atoms with Crippen molar-refractivity contribution in [2.24, 2.45) is 0 Å². The van der Waals surface area contributed by atoms with Crippen molar-refractivity contribution in [2.45, 2.75) is 32.8 Å². The van der Waals surface area contributed by atoms with Gasteiger partial charge < -0.3 is 15.2 Å². The lowest BCUT2D eigenvalue weighted by Gasteiger charge is -2.15. The first-order chi connectivity index (χ1) is 12.4. The maximum atomic E-state index is 10.7. The van der Waals surface area contributed by atoms with Gasteiger partial charge in [0.2, 0.25) is 0 Å². The minimum Gasteiger partial charge on any atom is -0.486 e. The number of aliphatic carboxylic acids is 1. The van der Waals surface area contributed by atoms with Crippen LogP contribution < -0.4 is 10.1 Å². The van der Waals surface area contributed by atoms with Gasteiger partial charge in [-0.3, -0.25) is 4.79 Å². The maximum absolute atomic E-state index is 10.7. The predicted molar refractivity (Wildman–Crippen MR) is 112 cm³/mol. The summed E-state index contributed by atoms with van der Waals surface area (Å²) in [7, 11) is 0. The van der Waals surface area contributed by atoms with E-state index in [1.165, 1.54) is 0 Å². The molecule has 2 N–H and O–H groups in total. The summed E-state index contributed by atoms with van der Waals surface area (Å²) in [6.07, 6.45) is 1.57. The number of hydrogen-bond acceptors (Lipinski definition) is 3. The average molecular weight is 506 g/mol. The van der Waals surface area contributed by atoms with E-state index in [9.17, 15) is 4.79 Å². The molecule has 7 heteroatoms. The zero-order valence-corrected chi connectivity index (χ0v) is 18.2. The Kier molecular flexibility index (Phi) is 8.25. The lowest BCUT2D eigenvalue weighted by molar-refractivity contribution is -0.136. The summed E-state index contributed by atoms with van der Waals surface area (Å²) in [5.41, 5.74) is 2.71. The van der Waals surface area contributed by atoms with Gasteiger partial charge in [-0.1, -0.05) is 30.7 Å². The van der Waals surface area contributed by atoms with Crippen molar-refractivity contribution in [3.63, 3.8) is 0 Å². The Morgan fingerprint density at radius 3 is 2.58 bits per heavy atom. The summed E-state index contributed by atoms with van der Waals surface area (Å²) < 4.78 is 7.49. The van der Waals surface area contributed by atoms with Crippen LogP contribution in [0.4, 0.5) is 5.69 Å². The molecule has 0 radical (unpaired) electrons. The summed E-state index contributed by atoms with van der Waals surface area (Å²) in [6.45, 7) is 3.29. The SMILES string of the molecule is CCCNc1cccc(COc2c(Br)cc(CCC(=O)O)cc2Br)c1Cl. The number of hydrogen-bond donors (Lipinski definition) is 2. The van der Waals surface area contributed by atoms with Crippen molar-refractivity contribution in [3.05, 3.63) is 55.4 Å². The van der Waals surface area contributed by atoms with E-state index in [4.69, 9.17) is 21.4 Å². The molecule has 0 unspecified atom stereocenters. The first-order valence-corrected chi connectivity index (χ1v) is 10.2. The van der Waals surface area contributed by atoms with Crippen LogP contribution in [0, 0.1) is 0 Å². The number of aryl methyl sites for hydroxylation is 1. The van der Waals surface area contributed by atoms with E-state index in [1.54, 1.807) is 0 Å². The second kappa shape index (κ2) is 10.2. The monoisotopic (exact) mass is 503 g/mol. The Morgan fingerprint density at radius 2 is 1.96 bits per heavy atom. The van der Waals surface area contributed by atoms with Crippen LogP contribution in [0.1, 0.15) is 30.9 Å². The van der Waals surface area contributed by atoms with Gasteiger partial charge in [-0.15, -0.1) is 0 Å². The second-order valence-corrected chi connectivity index (χ2v) is 7.86. The topological polar surface area (TPSA) is 58.6 Å². The molecular formula is C19H20Br2ClNO3. The highest BCUT2D eigenvalue weighted by Gasteiger charge is 2.12. The van der Waals surface area contributed by atoms with E-state index in [1.807, 2.05) is 30.3 Å². The predicted octanol–water partition coefficient (Wildman–Crippen LogP) is 6.28. The molecular weight excluding hydrogens is 485 g/mol. The number of nitrogens with one attached hydrogen (secondary N) is 1. The van der Waals surface area contributed by atoms with Crippen molar-refractivity contribution in [1.82, 2.24) is 0 Å². The minimum atomic E-state index is -0.816. The molecule has 0 aliphatic carbocycles. The first kappa shape index (κ1) is 21.1. The van der Waals surface area contributed by atoms with Crippen LogP contribution in [0.3, 0.4) is 0 Å². The highest BCUT2D eigenvalue weighted by molar-refractivity contribution is 9.11. The van der Waals surface area contributed by atoms with Crippen molar-refractivity contribution in [1.29, 1.82) is 0 Å². The average Bonchev–Trinajstić information content (AvgIpc) is 2.59. The fourth-order valence-corrected chi connectivity index (χ4v) is 4.14. The highest BCUT2D eigenvalue weighted by Crippen LogP contribution is 2.36. The summed E-state index contributed by atoms with van der Waals surface area (Å²) in [6, 6.07) is 9.59. The Labute approximate surface area is 175 Å². The molecule has 0 amide bonds. The molecule has 0 heterocycles. The van der Waals surface area contributed by atoms with Gasteiger partial charge in [-0.25, -0.2) is 0 Å². The van der Waals surface area contributed by atoms with Gasteiger partial charge in [-0.05, 0) is 68.5 Å². The standard InChI is InChI=1S/C19H20Br2ClNO3/c1-2-8-23-16-5-3-4-13(18(16)22)11-26-19-14(20)9-12(10-15(19)21)6-7-17(24)25/h3-5,9-10,23H,2,6-8,11H2,1H3,(H,24,25). The quantitative estimate of drug-likeness (QED) is 0.421. The number of benzene rings is 2. The molecule has 4 nitrogen and oxygen atoms in total. The van der Waals surface area contributed by atoms with Gasteiger partial charge in [0, 0.05) is 18.5 Å². The number of carboxylic acids is 1. The molecule has 140 valence electrons. The van der Waals surface area contributed by atoms with Crippen molar-refractivity contribution >= 4 is 55.1 Å². The van der Waals surface area contributed by atoms with Gasteiger partial charge in [0.1, 0.15) is 12.4 Å². The van der Waals surface area contributed by atoms with Crippen LogP contribution >= 0.6 is 43.5 Å². The van der Waals surface area contributed by atoms with Crippen molar-refractivity contribution in [3.8, 4) is 5.75 Å². The second-order valence-electron chi connectivity index (χ2n) is 5.78. The Hall–Kier alpha value is -1.24. The minimum absolute atomic E-state index is 0.0895. The molecule has 0 spiro atoms. The number of anilines is 1. The normalized spacial score (nSPS) is 10.6. The molecule has 2 rings (SSSR count). The molecule has 0 aliphatic heterocycles.